The molecule has 1 saturated carbocycles. The molecule has 3 nitrogen and oxygen atoms in total. The van der Waals surface area contributed by atoms with Crippen LogP contribution in [-0.4, -0.2) is 18.8 Å². The van der Waals surface area contributed by atoms with Crippen LogP contribution in [0.4, 0.5) is 0 Å². The van der Waals surface area contributed by atoms with Crippen molar-refractivity contribution in [2.75, 3.05) is 13.7 Å². The van der Waals surface area contributed by atoms with Crippen molar-refractivity contribution in [3.63, 3.8) is 0 Å². The molecule has 0 aromatic heterocycles. The SMILES string of the molecule is COc1cc(C2(CN)CCC2)c(Br)cc1O. The Morgan fingerprint density at radius 1 is 1.50 bits per heavy atom. The topological polar surface area (TPSA) is 55.5 Å². The molecule has 0 aliphatic heterocycles. The van der Waals surface area contributed by atoms with Gasteiger partial charge in [0.15, 0.2) is 11.5 Å². The van der Waals surface area contributed by atoms with Gasteiger partial charge in [-0.15, -0.1) is 0 Å². The van der Waals surface area contributed by atoms with Gasteiger partial charge in [0.1, 0.15) is 0 Å². The number of benzene rings is 1. The van der Waals surface area contributed by atoms with Gasteiger partial charge in [-0.25, -0.2) is 0 Å². The van der Waals surface area contributed by atoms with Gasteiger partial charge in [-0.2, -0.15) is 0 Å². The van der Waals surface area contributed by atoms with Gasteiger partial charge in [0.05, 0.1) is 7.11 Å². The third kappa shape index (κ3) is 1.70. The zero-order valence-corrected chi connectivity index (χ0v) is 10.9. The Hall–Kier alpha value is -0.740. The van der Waals surface area contributed by atoms with E-state index < -0.39 is 0 Å². The van der Waals surface area contributed by atoms with E-state index in [-0.39, 0.29) is 11.2 Å². The number of hydrogen-bond acceptors (Lipinski definition) is 3. The van der Waals surface area contributed by atoms with Crippen LogP contribution >= 0.6 is 15.9 Å². The number of nitrogens with two attached hydrogens (primary N) is 1. The van der Waals surface area contributed by atoms with E-state index in [0.29, 0.717) is 12.3 Å². The van der Waals surface area contributed by atoms with E-state index in [0.717, 1.165) is 22.9 Å². The maximum atomic E-state index is 9.66. The van der Waals surface area contributed by atoms with Gasteiger partial charge in [-0.1, -0.05) is 22.4 Å². The molecule has 16 heavy (non-hydrogen) atoms. The molecule has 0 saturated heterocycles. The number of rotatable bonds is 3. The van der Waals surface area contributed by atoms with Crippen molar-refractivity contribution >= 4 is 15.9 Å². The zero-order valence-electron chi connectivity index (χ0n) is 9.29. The van der Waals surface area contributed by atoms with Crippen LogP contribution in [0.25, 0.3) is 0 Å². The molecule has 0 amide bonds. The Balaban J connectivity index is 2.47. The Bertz CT molecular complexity index is 397. The molecule has 3 N–H and O–H groups in total. The van der Waals surface area contributed by atoms with Gasteiger partial charge >= 0.3 is 0 Å². The second-order valence-corrected chi connectivity index (χ2v) is 5.20. The minimum absolute atomic E-state index is 0.0693. The van der Waals surface area contributed by atoms with Crippen molar-refractivity contribution in [3.05, 3.63) is 22.2 Å². The van der Waals surface area contributed by atoms with Crippen molar-refractivity contribution in [3.8, 4) is 11.5 Å². The number of hydrogen-bond donors (Lipinski definition) is 2. The normalized spacial score (nSPS) is 17.9. The van der Waals surface area contributed by atoms with Crippen molar-refractivity contribution in [1.82, 2.24) is 0 Å². The molecule has 1 fully saturated rings. The lowest BCUT2D eigenvalue weighted by Gasteiger charge is -2.42. The second-order valence-electron chi connectivity index (χ2n) is 4.34. The van der Waals surface area contributed by atoms with Crippen LogP contribution in [0.15, 0.2) is 16.6 Å². The molecule has 1 aliphatic carbocycles. The third-order valence-electron chi connectivity index (χ3n) is 3.54. The molecule has 4 heteroatoms. The first-order chi connectivity index (χ1) is 7.63. The van der Waals surface area contributed by atoms with Crippen LogP contribution < -0.4 is 10.5 Å². The fourth-order valence-corrected chi connectivity index (χ4v) is 3.05. The average molecular weight is 286 g/mol. The first-order valence-corrected chi connectivity index (χ1v) is 6.19. The van der Waals surface area contributed by atoms with Crippen LogP contribution in [0.2, 0.25) is 0 Å². The van der Waals surface area contributed by atoms with Gasteiger partial charge < -0.3 is 15.6 Å². The number of halogens is 1. The zero-order chi connectivity index (χ0) is 11.8. The summed E-state index contributed by atoms with van der Waals surface area (Å²) in [5.41, 5.74) is 7.09. The van der Waals surface area contributed by atoms with Crippen LogP contribution in [0.3, 0.4) is 0 Å². The Morgan fingerprint density at radius 2 is 2.19 bits per heavy atom. The number of methoxy groups -OCH3 is 1. The summed E-state index contributed by atoms with van der Waals surface area (Å²) in [4.78, 5) is 0. The molecule has 0 atom stereocenters. The molecule has 1 aromatic rings. The Kier molecular flexibility index (Phi) is 3.13. The molecule has 0 bridgehead atoms. The average Bonchev–Trinajstić information content (AvgIpc) is 2.20. The number of ether oxygens (including phenoxy) is 1. The van der Waals surface area contributed by atoms with E-state index >= 15 is 0 Å². The molecule has 1 aliphatic rings. The predicted molar refractivity (Wildman–Crippen MR) is 66.9 cm³/mol. The Morgan fingerprint density at radius 3 is 2.62 bits per heavy atom. The van der Waals surface area contributed by atoms with E-state index in [9.17, 15) is 5.11 Å². The van der Waals surface area contributed by atoms with E-state index in [1.807, 2.05) is 6.07 Å². The molecule has 0 unspecified atom stereocenters. The van der Waals surface area contributed by atoms with E-state index in [1.165, 1.54) is 6.42 Å². The summed E-state index contributed by atoms with van der Waals surface area (Å²) in [5, 5.41) is 9.66. The van der Waals surface area contributed by atoms with Gasteiger partial charge in [-0.3, -0.25) is 0 Å². The predicted octanol–water partition coefficient (Wildman–Crippen LogP) is 2.54. The maximum Gasteiger partial charge on any atom is 0.160 e. The molecule has 0 heterocycles. The van der Waals surface area contributed by atoms with Gasteiger partial charge in [0.2, 0.25) is 0 Å². The number of phenols is 1. The fraction of sp³-hybridized carbons (Fsp3) is 0.500. The quantitative estimate of drug-likeness (QED) is 0.897. The lowest BCUT2D eigenvalue weighted by Crippen LogP contribution is -2.41. The van der Waals surface area contributed by atoms with E-state index in [1.54, 1.807) is 13.2 Å². The molecule has 0 spiro atoms. The summed E-state index contributed by atoms with van der Waals surface area (Å²) in [6.07, 6.45) is 3.43. The summed E-state index contributed by atoms with van der Waals surface area (Å²) in [5.74, 6) is 0.669. The fourth-order valence-electron chi connectivity index (χ4n) is 2.30. The Labute approximate surface area is 104 Å². The summed E-state index contributed by atoms with van der Waals surface area (Å²) < 4.78 is 6.05. The third-order valence-corrected chi connectivity index (χ3v) is 4.20. The number of phenolic OH excluding ortho intramolecular Hbond substituents is 1. The molecule has 1 aromatic carbocycles. The minimum Gasteiger partial charge on any atom is -0.504 e. The number of aromatic hydroxyl groups is 1. The van der Waals surface area contributed by atoms with Crippen molar-refractivity contribution in [2.45, 2.75) is 24.7 Å². The molecular formula is C12H16BrNO2. The summed E-state index contributed by atoms with van der Waals surface area (Å²) in [7, 11) is 1.56. The lowest BCUT2D eigenvalue weighted by atomic mass is 9.64. The van der Waals surface area contributed by atoms with Gasteiger partial charge in [0.25, 0.3) is 0 Å². The monoisotopic (exact) mass is 285 g/mol. The minimum atomic E-state index is 0.0693. The van der Waals surface area contributed by atoms with E-state index in [2.05, 4.69) is 15.9 Å². The van der Waals surface area contributed by atoms with Crippen LogP contribution in [0.1, 0.15) is 24.8 Å². The maximum absolute atomic E-state index is 9.66. The van der Waals surface area contributed by atoms with Crippen LogP contribution in [0.5, 0.6) is 11.5 Å². The lowest BCUT2D eigenvalue weighted by molar-refractivity contribution is 0.250. The van der Waals surface area contributed by atoms with Crippen molar-refractivity contribution in [2.24, 2.45) is 5.73 Å². The highest BCUT2D eigenvalue weighted by Gasteiger charge is 2.39. The van der Waals surface area contributed by atoms with Crippen molar-refractivity contribution in [1.29, 1.82) is 0 Å². The van der Waals surface area contributed by atoms with E-state index in [4.69, 9.17) is 10.5 Å². The largest absolute Gasteiger partial charge is 0.504 e. The highest BCUT2D eigenvalue weighted by atomic mass is 79.9. The van der Waals surface area contributed by atoms with Crippen LogP contribution in [0, 0.1) is 0 Å². The molecular weight excluding hydrogens is 270 g/mol. The highest BCUT2D eigenvalue weighted by Crippen LogP contribution is 2.48. The highest BCUT2D eigenvalue weighted by molar-refractivity contribution is 9.10. The smallest absolute Gasteiger partial charge is 0.160 e. The molecule has 2 rings (SSSR count). The molecule has 88 valence electrons. The van der Waals surface area contributed by atoms with Crippen LogP contribution in [-0.2, 0) is 5.41 Å². The summed E-state index contributed by atoms with van der Waals surface area (Å²) in [6.45, 7) is 0.638. The second kappa shape index (κ2) is 4.26. The molecule has 0 radical (unpaired) electrons. The van der Waals surface area contributed by atoms with Gasteiger partial charge in [0, 0.05) is 16.4 Å². The van der Waals surface area contributed by atoms with Crippen molar-refractivity contribution < 1.29 is 9.84 Å². The first kappa shape index (κ1) is 11.7. The first-order valence-electron chi connectivity index (χ1n) is 5.40. The summed E-state index contributed by atoms with van der Waals surface area (Å²) in [6, 6.07) is 3.58. The van der Waals surface area contributed by atoms with Gasteiger partial charge in [-0.05, 0) is 30.5 Å². The standard InChI is InChI=1S/C12H16BrNO2/c1-16-11-5-8(9(13)6-10(11)15)12(7-14)3-2-4-12/h5-6,15H,2-4,7,14H2,1H3. The summed E-state index contributed by atoms with van der Waals surface area (Å²) >= 11 is 3.49.